The van der Waals surface area contributed by atoms with Crippen LogP contribution in [0.1, 0.15) is 29.8 Å². The van der Waals surface area contributed by atoms with E-state index in [9.17, 15) is 8.42 Å². The van der Waals surface area contributed by atoms with Gasteiger partial charge in [-0.1, -0.05) is 54.2 Å². The van der Waals surface area contributed by atoms with E-state index in [1.54, 1.807) is 44.1 Å². The van der Waals surface area contributed by atoms with Gasteiger partial charge in [-0.25, -0.2) is 12.7 Å². The zero-order chi connectivity index (χ0) is 22.6. The van der Waals surface area contributed by atoms with E-state index in [0.29, 0.717) is 17.2 Å². The van der Waals surface area contributed by atoms with Crippen molar-refractivity contribution in [1.29, 1.82) is 0 Å². The minimum absolute atomic E-state index is 0.307. The highest BCUT2D eigenvalue weighted by molar-refractivity contribution is 7.98. The van der Waals surface area contributed by atoms with Crippen molar-refractivity contribution < 1.29 is 8.42 Å². The zero-order valence-corrected chi connectivity index (χ0v) is 20.1. The van der Waals surface area contributed by atoms with Gasteiger partial charge in [-0.3, -0.25) is 4.90 Å². The van der Waals surface area contributed by atoms with Crippen molar-refractivity contribution in [2.24, 2.45) is 0 Å². The Morgan fingerprint density at radius 2 is 1.66 bits per heavy atom. The van der Waals surface area contributed by atoms with Crippen LogP contribution in [0.25, 0.3) is 0 Å². The molecule has 170 valence electrons. The summed E-state index contributed by atoms with van der Waals surface area (Å²) in [7, 11) is -0.362. The summed E-state index contributed by atoms with van der Waals surface area (Å²) in [5.74, 6) is 1.59. The van der Waals surface area contributed by atoms with E-state index in [0.717, 1.165) is 36.2 Å². The van der Waals surface area contributed by atoms with Crippen LogP contribution in [0.2, 0.25) is 0 Å². The second kappa shape index (κ2) is 10.2. The quantitative estimate of drug-likeness (QED) is 0.445. The first-order chi connectivity index (χ1) is 15.4. The summed E-state index contributed by atoms with van der Waals surface area (Å²) in [5, 5.41) is 9.86. The van der Waals surface area contributed by atoms with E-state index < -0.39 is 10.0 Å². The van der Waals surface area contributed by atoms with Crippen molar-refractivity contribution in [3.8, 4) is 0 Å². The normalized spacial score (nSPS) is 15.0. The van der Waals surface area contributed by atoms with Crippen LogP contribution in [-0.2, 0) is 28.9 Å². The molecular formula is C23H29N5O2S2. The van der Waals surface area contributed by atoms with Gasteiger partial charge in [-0.05, 0) is 49.2 Å². The number of aromatic nitrogens is 3. The highest BCUT2D eigenvalue weighted by Crippen LogP contribution is 2.25. The molecule has 0 radical (unpaired) electrons. The van der Waals surface area contributed by atoms with Crippen molar-refractivity contribution in [3.05, 3.63) is 71.5 Å². The molecule has 1 aromatic heterocycles. The summed E-state index contributed by atoms with van der Waals surface area (Å²) in [6, 6.07) is 17.5. The van der Waals surface area contributed by atoms with Crippen molar-refractivity contribution in [2.45, 2.75) is 41.7 Å². The first-order valence-electron chi connectivity index (χ1n) is 10.8. The highest BCUT2D eigenvalue weighted by atomic mass is 32.2. The average Bonchev–Trinajstić information content (AvgIpc) is 3.44. The Kier molecular flexibility index (Phi) is 7.30. The van der Waals surface area contributed by atoms with E-state index in [-0.39, 0.29) is 0 Å². The van der Waals surface area contributed by atoms with Crippen molar-refractivity contribution in [3.63, 3.8) is 0 Å². The number of thioether (sulfide) groups is 1. The van der Waals surface area contributed by atoms with Gasteiger partial charge >= 0.3 is 0 Å². The average molecular weight is 472 g/mol. The monoisotopic (exact) mass is 471 g/mol. The van der Waals surface area contributed by atoms with Crippen LogP contribution in [0, 0.1) is 0 Å². The molecule has 1 fully saturated rings. The molecule has 0 saturated carbocycles. The highest BCUT2D eigenvalue weighted by Gasteiger charge is 2.20. The van der Waals surface area contributed by atoms with Crippen molar-refractivity contribution >= 4 is 21.8 Å². The van der Waals surface area contributed by atoms with Gasteiger partial charge in [0, 0.05) is 19.8 Å². The predicted octanol–water partition coefficient (Wildman–Crippen LogP) is 3.46. The summed E-state index contributed by atoms with van der Waals surface area (Å²) < 4.78 is 28.4. The summed E-state index contributed by atoms with van der Waals surface area (Å²) >= 11 is 1.59. The van der Waals surface area contributed by atoms with Gasteiger partial charge in [-0.2, -0.15) is 0 Å². The lowest BCUT2D eigenvalue weighted by Crippen LogP contribution is -2.22. The predicted molar refractivity (Wildman–Crippen MR) is 127 cm³/mol. The third kappa shape index (κ3) is 5.40. The van der Waals surface area contributed by atoms with Gasteiger partial charge in [0.05, 0.1) is 18.0 Å². The molecule has 0 spiro atoms. The first-order valence-corrected chi connectivity index (χ1v) is 13.2. The number of sulfonamides is 1. The SMILES string of the molecule is CN(C)S(=O)(=O)c1cccc(CSc2nnc(CN3CCCC3)n2Cc2ccccc2)c1. The molecule has 0 N–H and O–H groups in total. The van der Waals surface area contributed by atoms with Crippen LogP contribution in [0.5, 0.6) is 0 Å². The molecule has 1 saturated heterocycles. The Morgan fingerprint density at radius 3 is 2.38 bits per heavy atom. The van der Waals surface area contributed by atoms with E-state index in [4.69, 9.17) is 0 Å². The lowest BCUT2D eigenvalue weighted by molar-refractivity contribution is 0.316. The van der Waals surface area contributed by atoms with Crippen LogP contribution >= 0.6 is 11.8 Å². The number of nitrogens with zero attached hydrogens (tertiary/aromatic N) is 5. The Balaban J connectivity index is 1.55. The Labute approximate surface area is 194 Å². The molecule has 4 rings (SSSR count). The van der Waals surface area contributed by atoms with Gasteiger partial charge < -0.3 is 4.57 Å². The molecule has 0 atom stereocenters. The second-order valence-electron chi connectivity index (χ2n) is 8.18. The molecule has 3 aromatic rings. The molecule has 1 aliphatic heterocycles. The molecule has 0 amide bonds. The van der Waals surface area contributed by atoms with E-state index in [1.165, 1.54) is 22.7 Å². The molecular weight excluding hydrogens is 442 g/mol. The van der Waals surface area contributed by atoms with E-state index >= 15 is 0 Å². The molecule has 0 bridgehead atoms. The standard InChI is InChI=1S/C23H29N5O2S2/c1-26(2)32(29,30)21-12-8-11-20(15-21)18-31-23-25-24-22(17-27-13-6-7-14-27)28(23)16-19-9-4-3-5-10-19/h3-5,8-12,15H,6-7,13-14,16-18H2,1-2H3. The summed E-state index contributed by atoms with van der Waals surface area (Å²) in [6.07, 6.45) is 2.47. The molecule has 2 heterocycles. The maximum Gasteiger partial charge on any atom is 0.242 e. The summed E-state index contributed by atoms with van der Waals surface area (Å²) in [4.78, 5) is 2.73. The van der Waals surface area contributed by atoms with Crippen molar-refractivity contribution in [1.82, 2.24) is 24.0 Å². The Hall–Kier alpha value is -2.20. The van der Waals surface area contributed by atoms with Gasteiger partial charge in [0.1, 0.15) is 5.82 Å². The first kappa shape index (κ1) is 23.0. The smallest absolute Gasteiger partial charge is 0.242 e. The third-order valence-corrected chi connectivity index (χ3v) is 8.43. The van der Waals surface area contributed by atoms with Gasteiger partial charge in [0.25, 0.3) is 0 Å². The fourth-order valence-corrected chi connectivity index (χ4v) is 5.63. The third-order valence-electron chi connectivity index (χ3n) is 5.59. The fourth-order valence-electron chi connectivity index (χ4n) is 3.76. The maximum absolute atomic E-state index is 12.5. The number of hydrogen-bond donors (Lipinski definition) is 0. The lowest BCUT2D eigenvalue weighted by atomic mass is 10.2. The minimum Gasteiger partial charge on any atom is -0.300 e. The molecule has 32 heavy (non-hydrogen) atoms. The second-order valence-corrected chi connectivity index (χ2v) is 11.3. The van der Waals surface area contributed by atoms with E-state index in [1.807, 2.05) is 24.3 Å². The molecule has 1 aliphatic rings. The molecule has 2 aromatic carbocycles. The largest absolute Gasteiger partial charge is 0.300 e. The lowest BCUT2D eigenvalue weighted by Gasteiger charge is -2.16. The molecule has 0 unspecified atom stereocenters. The molecule has 7 nitrogen and oxygen atoms in total. The van der Waals surface area contributed by atoms with Crippen LogP contribution < -0.4 is 0 Å². The van der Waals surface area contributed by atoms with Gasteiger partial charge in [0.15, 0.2) is 5.16 Å². The maximum atomic E-state index is 12.5. The van der Waals surface area contributed by atoms with Crippen molar-refractivity contribution in [2.75, 3.05) is 27.2 Å². The topological polar surface area (TPSA) is 71.3 Å². The number of benzene rings is 2. The minimum atomic E-state index is -3.46. The molecule has 0 aliphatic carbocycles. The fraction of sp³-hybridized carbons (Fsp3) is 0.391. The van der Waals surface area contributed by atoms with Gasteiger partial charge in [0.2, 0.25) is 10.0 Å². The van der Waals surface area contributed by atoms with Crippen LogP contribution in [0.4, 0.5) is 0 Å². The van der Waals surface area contributed by atoms with Crippen LogP contribution in [0.3, 0.4) is 0 Å². The summed E-state index contributed by atoms with van der Waals surface area (Å²) in [6.45, 7) is 3.73. The Bertz CT molecular complexity index is 1140. The molecule has 9 heteroatoms. The summed E-state index contributed by atoms with van der Waals surface area (Å²) in [5.41, 5.74) is 2.14. The number of rotatable bonds is 9. The van der Waals surface area contributed by atoms with Crippen LogP contribution in [0.15, 0.2) is 64.6 Å². The van der Waals surface area contributed by atoms with Crippen LogP contribution in [-0.4, -0.2) is 59.6 Å². The van der Waals surface area contributed by atoms with E-state index in [2.05, 4.69) is 31.8 Å². The number of likely N-dealkylation sites (tertiary alicyclic amines) is 1. The van der Waals surface area contributed by atoms with Gasteiger partial charge in [-0.15, -0.1) is 10.2 Å². The zero-order valence-electron chi connectivity index (χ0n) is 18.5. The Morgan fingerprint density at radius 1 is 0.938 bits per heavy atom. The number of hydrogen-bond acceptors (Lipinski definition) is 6.